The molecule has 5 heteroatoms. The van der Waals surface area contributed by atoms with Crippen LogP contribution in [-0.4, -0.2) is 16.1 Å². The van der Waals surface area contributed by atoms with Crippen molar-refractivity contribution < 1.29 is 9.90 Å². The molecule has 5 nitrogen and oxygen atoms in total. The van der Waals surface area contributed by atoms with Crippen LogP contribution in [0.4, 0.5) is 11.4 Å². The molecule has 0 amide bonds. The first-order valence-electron chi connectivity index (χ1n) is 10.8. The Morgan fingerprint density at radius 1 is 1.03 bits per heavy atom. The summed E-state index contributed by atoms with van der Waals surface area (Å²) >= 11 is 0. The first-order chi connectivity index (χ1) is 15.5. The third-order valence-corrected chi connectivity index (χ3v) is 6.16. The number of pyridine rings is 1. The lowest BCUT2D eigenvalue weighted by Gasteiger charge is -2.22. The van der Waals surface area contributed by atoms with Crippen molar-refractivity contribution in [2.75, 3.05) is 10.2 Å². The van der Waals surface area contributed by atoms with Crippen molar-refractivity contribution in [3.63, 3.8) is 0 Å². The number of hydrogen-bond donors (Lipinski definition) is 2. The van der Waals surface area contributed by atoms with Crippen LogP contribution >= 0.6 is 0 Å². The lowest BCUT2D eigenvalue weighted by molar-refractivity contribution is 0.0698. The van der Waals surface area contributed by atoms with Gasteiger partial charge in [0.25, 0.3) is 0 Å². The van der Waals surface area contributed by atoms with Crippen LogP contribution in [-0.2, 0) is 13.1 Å². The monoisotopic (exact) mass is 423 g/mol. The molecular weight excluding hydrogens is 398 g/mol. The topological polar surface area (TPSA) is 65.5 Å². The van der Waals surface area contributed by atoms with Gasteiger partial charge in [-0.15, -0.1) is 0 Å². The zero-order valence-electron chi connectivity index (χ0n) is 18.2. The normalized spacial score (nSPS) is 13.8. The van der Waals surface area contributed by atoms with E-state index in [4.69, 9.17) is 4.98 Å². The maximum atomic E-state index is 11.6. The van der Waals surface area contributed by atoms with Gasteiger partial charge in [0.05, 0.1) is 23.0 Å². The summed E-state index contributed by atoms with van der Waals surface area (Å²) in [5, 5.41) is 14.0. The molecule has 0 saturated heterocycles. The van der Waals surface area contributed by atoms with E-state index in [1.54, 1.807) is 12.1 Å². The quantitative estimate of drug-likeness (QED) is 0.416. The van der Waals surface area contributed by atoms with Crippen LogP contribution in [0.5, 0.6) is 0 Å². The number of carboxylic acid groups (broad SMARTS) is 1. The van der Waals surface area contributed by atoms with Crippen LogP contribution in [0.1, 0.15) is 45.6 Å². The van der Waals surface area contributed by atoms with Crippen molar-refractivity contribution >= 4 is 28.2 Å². The first kappa shape index (κ1) is 20.1. The maximum Gasteiger partial charge on any atom is 0.337 e. The number of anilines is 2. The molecule has 1 aliphatic heterocycles. The Morgan fingerprint density at radius 3 is 2.44 bits per heavy atom. The second-order valence-electron chi connectivity index (χ2n) is 8.46. The van der Waals surface area contributed by atoms with Crippen LogP contribution in [0.2, 0.25) is 0 Å². The standard InChI is InChI=1S/C27H25N3O2/c1-17-11-23(18(2)29-25-10-6-5-9-22(25)27(31)32)24-13-21(14-28-26(24)12-17)30-15-19-7-3-4-8-20(19)16-30/h3-14,18,29H,15-16H2,1-2H3,(H,31,32)/t18-/m0/s1. The fourth-order valence-electron chi connectivity index (χ4n) is 4.54. The number of aromatic nitrogens is 1. The lowest BCUT2D eigenvalue weighted by Crippen LogP contribution is -2.15. The summed E-state index contributed by atoms with van der Waals surface area (Å²) < 4.78 is 0. The van der Waals surface area contributed by atoms with Crippen LogP contribution in [0, 0.1) is 6.92 Å². The van der Waals surface area contributed by atoms with Crippen LogP contribution in [0.25, 0.3) is 10.9 Å². The Hall–Kier alpha value is -3.86. The predicted molar refractivity (Wildman–Crippen MR) is 128 cm³/mol. The number of hydrogen-bond acceptors (Lipinski definition) is 4. The highest BCUT2D eigenvalue weighted by molar-refractivity contribution is 5.94. The van der Waals surface area contributed by atoms with E-state index in [0.29, 0.717) is 5.69 Å². The summed E-state index contributed by atoms with van der Waals surface area (Å²) in [6.07, 6.45) is 1.95. The SMILES string of the molecule is Cc1cc([C@H](C)Nc2ccccc2C(=O)O)c2cc(N3Cc4ccccc4C3)cnc2c1. The fourth-order valence-corrected chi connectivity index (χ4v) is 4.54. The average Bonchev–Trinajstić information content (AvgIpc) is 3.22. The predicted octanol–water partition coefficient (Wildman–Crippen LogP) is 5.93. The fraction of sp³-hybridized carbons (Fsp3) is 0.185. The Kier molecular flexibility index (Phi) is 5.02. The number of nitrogens with one attached hydrogen (secondary N) is 1. The van der Waals surface area contributed by atoms with Gasteiger partial charge in [0, 0.05) is 30.2 Å². The zero-order valence-corrected chi connectivity index (χ0v) is 18.2. The number of aromatic carboxylic acids is 1. The van der Waals surface area contributed by atoms with Gasteiger partial charge >= 0.3 is 5.97 Å². The van der Waals surface area contributed by atoms with Crippen molar-refractivity contribution in [3.8, 4) is 0 Å². The van der Waals surface area contributed by atoms with E-state index in [0.717, 1.165) is 40.8 Å². The average molecular weight is 424 g/mol. The smallest absolute Gasteiger partial charge is 0.337 e. The number of para-hydroxylation sites is 1. The van der Waals surface area contributed by atoms with Crippen molar-refractivity contribution in [1.29, 1.82) is 0 Å². The van der Waals surface area contributed by atoms with Gasteiger partial charge in [-0.2, -0.15) is 0 Å². The highest BCUT2D eigenvalue weighted by Crippen LogP contribution is 2.33. The molecule has 0 spiro atoms. The third-order valence-electron chi connectivity index (χ3n) is 6.16. The molecule has 160 valence electrons. The van der Waals surface area contributed by atoms with Crippen molar-refractivity contribution in [2.24, 2.45) is 0 Å². The molecule has 0 bridgehead atoms. The number of aryl methyl sites for hydroxylation is 1. The second kappa shape index (κ2) is 8.00. The molecule has 1 aromatic heterocycles. The van der Waals surface area contributed by atoms with E-state index in [1.807, 2.05) is 18.3 Å². The van der Waals surface area contributed by atoms with E-state index in [1.165, 1.54) is 11.1 Å². The molecule has 0 aliphatic carbocycles. The van der Waals surface area contributed by atoms with Gasteiger partial charge in [-0.05, 0) is 60.4 Å². The molecule has 0 saturated carbocycles. The number of carboxylic acids is 1. The van der Waals surface area contributed by atoms with Crippen molar-refractivity contribution in [3.05, 3.63) is 101 Å². The van der Waals surface area contributed by atoms with Gasteiger partial charge < -0.3 is 15.3 Å². The number of benzene rings is 3. The highest BCUT2D eigenvalue weighted by Gasteiger charge is 2.21. The summed E-state index contributed by atoms with van der Waals surface area (Å²) in [6.45, 7) is 5.88. The molecule has 0 fully saturated rings. The van der Waals surface area contributed by atoms with E-state index >= 15 is 0 Å². The van der Waals surface area contributed by atoms with Gasteiger partial charge in [0.1, 0.15) is 0 Å². The van der Waals surface area contributed by atoms with Crippen LogP contribution < -0.4 is 10.2 Å². The molecule has 0 radical (unpaired) electrons. The second-order valence-corrected chi connectivity index (χ2v) is 8.46. The summed E-state index contributed by atoms with van der Waals surface area (Å²) in [4.78, 5) is 18.8. The van der Waals surface area contributed by atoms with Gasteiger partial charge in [-0.25, -0.2) is 4.79 Å². The Labute approximate surface area is 187 Å². The zero-order chi connectivity index (χ0) is 22.2. The summed E-state index contributed by atoms with van der Waals surface area (Å²) in [5.74, 6) is -0.938. The molecule has 5 rings (SSSR count). The molecule has 1 atom stereocenters. The maximum absolute atomic E-state index is 11.6. The molecular formula is C27H25N3O2. The van der Waals surface area contributed by atoms with Gasteiger partial charge in [-0.1, -0.05) is 42.5 Å². The van der Waals surface area contributed by atoms with E-state index in [2.05, 4.69) is 66.5 Å². The van der Waals surface area contributed by atoms with Gasteiger partial charge in [-0.3, -0.25) is 4.98 Å². The van der Waals surface area contributed by atoms with E-state index in [-0.39, 0.29) is 11.6 Å². The van der Waals surface area contributed by atoms with Crippen LogP contribution in [0.3, 0.4) is 0 Å². The Morgan fingerprint density at radius 2 is 1.72 bits per heavy atom. The molecule has 2 N–H and O–H groups in total. The Bertz CT molecular complexity index is 1310. The van der Waals surface area contributed by atoms with Crippen molar-refractivity contribution in [1.82, 2.24) is 4.98 Å². The Balaban J connectivity index is 1.52. The number of carbonyl (C=O) groups is 1. The molecule has 1 aliphatic rings. The number of nitrogens with zero attached hydrogens (tertiary/aromatic N) is 2. The lowest BCUT2D eigenvalue weighted by atomic mass is 9.98. The molecule has 32 heavy (non-hydrogen) atoms. The first-order valence-corrected chi connectivity index (χ1v) is 10.8. The molecule has 4 aromatic rings. The van der Waals surface area contributed by atoms with Crippen LogP contribution in [0.15, 0.2) is 72.9 Å². The number of rotatable bonds is 5. The minimum Gasteiger partial charge on any atom is -0.478 e. The summed E-state index contributed by atoms with van der Waals surface area (Å²) in [6, 6.07) is 21.9. The van der Waals surface area contributed by atoms with Gasteiger partial charge in [0.15, 0.2) is 0 Å². The molecule has 2 heterocycles. The van der Waals surface area contributed by atoms with Gasteiger partial charge in [0.2, 0.25) is 0 Å². The minimum atomic E-state index is -0.938. The highest BCUT2D eigenvalue weighted by atomic mass is 16.4. The minimum absolute atomic E-state index is 0.0919. The summed E-state index contributed by atoms with van der Waals surface area (Å²) in [5.41, 5.74) is 7.87. The molecule has 3 aromatic carbocycles. The van der Waals surface area contributed by atoms with Crippen molar-refractivity contribution in [2.45, 2.75) is 33.0 Å². The van der Waals surface area contributed by atoms with E-state index in [9.17, 15) is 9.90 Å². The third kappa shape index (κ3) is 3.66. The summed E-state index contributed by atoms with van der Waals surface area (Å²) in [7, 11) is 0. The largest absolute Gasteiger partial charge is 0.478 e. The van der Waals surface area contributed by atoms with E-state index < -0.39 is 5.97 Å². The number of fused-ring (bicyclic) bond motifs is 2. The molecule has 0 unspecified atom stereocenters.